The van der Waals surface area contributed by atoms with Crippen LogP contribution in [-0.2, 0) is 17.9 Å². The van der Waals surface area contributed by atoms with E-state index in [9.17, 15) is 22.4 Å². The topological polar surface area (TPSA) is 56.2 Å². The fraction of sp³-hybridized carbons (Fsp3) is 0.200. The molecule has 0 saturated carbocycles. The first-order valence-electron chi connectivity index (χ1n) is 8.72. The molecule has 0 unspecified atom stereocenters. The lowest BCUT2D eigenvalue weighted by Crippen LogP contribution is -2.17. The minimum absolute atomic E-state index is 0.108. The molecule has 0 aliphatic carbocycles. The molecule has 3 rings (SSSR count). The Morgan fingerprint density at radius 3 is 2.60 bits per heavy atom. The van der Waals surface area contributed by atoms with Gasteiger partial charge in [0, 0.05) is 11.8 Å². The number of hydrogen-bond donors (Lipinski definition) is 1. The molecule has 0 radical (unpaired) electrons. The molecule has 0 spiro atoms. The highest BCUT2D eigenvalue weighted by molar-refractivity contribution is 6.33. The minimum atomic E-state index is -4.42. The highest BCUT2D eigenvalue weighted by Crippen LogP contribution is 2.21. The van der Waals surface area contributed by atoms with Gasteiger partial charge in [0.05, 0.1) is 13.2 Å². The number of aromatic nitrogens is 2. The Balaban J connectivity index is 1.64. The van der Waals surface area contributed by atoms with Gasteiger partial charge in [-0.1, -0.05) is 35.9 Å². The number of amides is 1. The molecule has 0 saturated heterocycles. The molecule has 10 heteroatoms. The monoisotopic (exact) mass is 441 g/mol. The van der Waals surface area contributed by atoms with Gasteiger partial charge >= 0.3 is 6.18 Å². The Kier molecular flexibility index (Phi) is 6.73. The van der Waals surface area contributed by atoms with Crippen molar-refractivity contribution < 1.29 is 27.1 Å². The van der Waals surface area contributed by atoms with Crippen LogP contribution in [0.3, 0.4) is 0 Å². The van der Waals surface area contributed by atoms with Gasteiger partial charge in [0.25, 0.3) is 5.91 Å². The van der Waals surface area contributed by atoms with Crippen LogP contribution in [0.5, 0.6) is 0 Å². The molecule has 0 bridgehead atoms. The molecule has 0 atom stereocenters. The first-order valence-corrected chi connectivity index (χ1v) is 9.09. The van der Waals surface area contributed by atoms with Crippen molar-refractivity contribution in [1.29, 1.82) is 0 Å². The van der Waals surface area contributed by atoms with E-state index in [-0.39, 0.29) is 35.4 Å². The van der Waals surface area contributed by atoms with E-state index < -0.39 is 18.7 Å². The first-order chi connectivity index (χ1) is 14.2. The number of benzene rings is 2. The minimum Gasteiger partial charge on any atom is -0.367 e. The van der Waals surface area contributed by atoms with Gasteiger partial charge in [-0.05, 0) is 35.4 Å². The molecule has 1 aromatic heterocycles. The van der Waals surface area contributed by atoms with Crippen LogP contribution in [0, 0.1) is 5.82 Å². The summed E-state index contributed by atoms with van der Waals surface area (Å²) in [6.45, 7) is -1.41. The largest absolute Gasteiger partial charge is 0.411 e. The Morgan fingerprint density at radius 1 is 1.13 bits per heavy atom. The van der Waals surface area contributed by atoms with Gasteiger partial charge in [-0.15, -0.1) is 0 Å². The lowest BCUT2D eigenvalue weighted by atomic mass is 10.1. The molecule has 1 heterocycles. The van der Waals surface area contributed by atoms with E-state index in [1.54, 1.807) is 18.2 Å². The Morgan fingerprint density at radius 2 is 1.87 bits per heavy atom. The van der Waals surface area contributed by atoms with Crippen LogP contribution < -0.4 is 5.32 Å². The molecule has 3 aromatic rings. The molecule has 0 fully saturated rings. The number of alkyl halides is 3. The molecule has 0 aliphatic heterocycles. The van der Waals surface area contributed by atoms with Crippen LogP contribution in [0.4, 0.5) is 23.4 Å². The normalized spacial score (nSPS) is 11.5. The van der Waals surface area contributed by atoms with Gasteiger partial charge in [-0.25, -0.2) is 4.39 Å². The summed E-state index contributed by atoms with van der Waals surface area (Å²) in [6, 6.07) is 12.0. The van der Waals surface area contributed by atoms with Gasteiger partial charge in [-0.3, -0.25) is 9.48 Å². The second-order valence-electron chi connectivity index (χ2n) is 6.42. The Hall–Kier alpha value is -2.91. The Labute approximate surface area is 174 Å². The van der Waals surface area contributed by atoms with E-state index in [1.165, 1.54) is 41.2 Å². The lowest BCUT2D eigenvalue weighted by Gasteiger charge is -2.09. The van der Waals surface area contributed by atoms with Crippen molar-refractivity contribution in [3.05, 3.63) is 82.3 Å². The molecular weight excluding hydrogens is 426 g/mol. The highest BCUT2D eigenvalue weighted by atomic mass is 35.5. The zero-order chi connectivity index (χ0) is 21.7. The number of carbonyl (C=O) groups is 1. The lowest BCUT2D eigenvalue weighted by molar-refractivity contribution is -0.176. The van der Waals surface area contributed by atoms with Crippen molar-refractivity contribution in [3.8, 4) is 0 Å². The third kappa shape index (κ3) is 6.30. The molecule has 158 valence electrons. The smallest absolute Gasteiger partial charge is 0.367 e. The van der Waals surface area contributed by atoms with E-state index in [1.807, 2.05) is 0 Å². The summed E-state index contributed by atoms with van der Waals surface area (Å²) in [5.41, 5.74) is 1.28. The fourth-order valence-electron chi connectivity index (χ4n) is 2.65. The van der Waals surface area contributed by atoms with E-state index in [0.717, 1.165) is 0 Å². The van der Waals surface area contributed by atoms with Crippen molar-refractivity contribution in [2.45, 2.75) is 19.3 Å². The van der Waals surface area contributed by atoms with Crippen LogP contribution in [0.15, 0.2) is 54.7 Å². The van der Waals surface area contributed by atoms with Gasteiger partial charge < -0.3 is 10.1 Å². The highest BCUT2D eigenvalue weighted by Gasteiger charge is 2.27. The van der Waals surface area contributed by atoms with Crippen LogP contribution in [0.25, 0.3) is 0 Å². The van der Waals surface area contributed by atoms with Gasteiger partial charge in [-0.2, -0.15) is 18.3 Å². The second-order valence-corrected chi connectivity index (χ2v) is 6.82. The zero-order valence-electron chi connectivity index (χ0n) is 15.4. The summed E-state index contributed by atoms with van der Waals surface area (Å²) in [5, 5.41) is 6.92. The summed E-state index contributed by atoms with van der Waals surface area (Å²) < 4.78 is 55.9. The van der Waals surface area contributed by atoms with Gasteiger partial charge in [0.15, 0.2) is 5.82 Å². The van der Waals surface area contributed by atoms with Crippen LogP contribution in [0.2, 0.25) is 5.02 Å². The van der Waals surface area contributed by atoms with Gasteiger partial charge in [0.2, 0.25) is 0 Å². The van der Waals surface area contributed by atoms with E-state index in [4.69, 9.17) is 11.6 Å². The molecule has 30 heavy (non-hydrogen) atoms. The second kappa shape index (κ2) is 9.27. The maximum absolute atomic E-state index is 13.3. The molecule has 5 nitrogen and oxygen atoms in total. The third-order valence-corrected chi connectivity index (χ3v) is 4.18. The van der Waals surface area contributed by atoms with E-state index in [2.05, 4.69) is 15.2 Å². The maximum Gasteiger partial charge on any atom is 0.411 e. The maximum atomic E-state index is 13.3. The number of hydrogen-bond acceptors (Lipinski definition) is 3. The fourth-order valence-corrected chi connectivity index (χ4v) is 2.85. The van der Waals surface area contributed by atoms with E-state index >= 15 is 0 Å². The summed E-state index contributed by atoms with van der Waals surface area (Å²) in [4.78, 5) is 12.5. The van der Waals surface area contributed by atoms with Gasteiger partial charge in [0.1, 0.15) is 17.4 Å². The number of nitrogens with one attached hydrogen (secondary N) is 1. The summed E-state index contributed by atoms with van der Waals surface area (Å²) in [7, 11) is 0. The number of ether oxygens (including phenoxy) is 1. The average molecular weight is 442 g/mol. The van der Waals surface area contributed by atoms with Crippen molar-refractivity contribution in [3.63, 3.8) is 0 Å². The summed E-state index contributed by atoms with van der Waals surface area (Å²) in [6.07, 6.45) is -2.93. The summed E-state index contributed by atoms with van der Waals surface area (Å²) in [5.74, 6) is -0.805. The molecule has 1 amide bonds. The Bertz CT molecular complexity index is 1040. The zero-order valence-corrected chi connectivity index (χ0v) is 16.2. The third-order valence-electron chi connectivity index (χ3n) is 3.91. The number of rotatable bonds is 7. The number of nitrogens with zero attached hydrogens (tertiary/aromatic N) is 2. The van der Waals surface area contributed by atoms with Crippen LogP contribution >= 0.6 is 11.6 Å². The van der Waals surface area contributed by atoms with Crippen molar-refractivity contribution in [2.75, 3.05) is 11.9 Å². The number of anilines is 1. The standard InChI is InChI=1S/C20H16ClF4N3O2/c21-17-10-28(9-13-3-2-6-16(22)8-13)27-18(17)26-19(29)15-5-1-4-14(7-15)11-30-12-20(23,24)25/h1-8,10H,9,11-12H2,(H,26,27,29). The van der Waals surface area contributed by atoms with Crippen LogP contribution in [-0.4, -0.2) is 28.5 Å². The first kappa shape index (κ1) is 21.8. The summed E-state index contributed by atoms with van der Waals surface area (Å²) >= 11 is 6.12. The van der Waals surface area contributed by atoms with Crippen molar-refractivity contribution in [2.24, 2.45) is 0 Å². The quantitative estimate of drug-likeness (QED) is 0.522. The van der Waals surface area contributed by atoms with Crippen molar-refractivity contribution >= 4 is 23.3 Å². The van der Waals surface area contributed by atoms with E-state index in [0.29, 0.717) is 11.1 Å². The predicted octanol–water partition coefficient (Wildman–Crippen LogP) is 5.06. The average Bonchev–Trinajstić information content (AvgIpc) is 2.99. The predicted molar refractivity (Wildman–Crippen MR) is 103 cm³/mol. The molecule has 1 N–H and O–H groups in total. The number of carbonyl (C=O) groups excluding carboxylic acids is 1. The molecule has 0 aliphatic rings. The van der Waals surface area contributed by atoms with Crippen molar-refractivity contribution in [1.82, 2.24) is 9.78 Å². The molecular formula is C20H16ClF4N3O2. The number of halogens is 5. The van der Waals surface area contributed by atoms with Crippen LogP contribution in [0.1, 0.15) is 21.5 Å². The SMILES string of the molecule is O=C(Nc1nn(Cc2cccc(F)c2)cc1Cl)c1cccc(COCC(F)(F)F)c1. The molecule has 2 aromatic carbocycles.